The zero-order valence-electron chi connectivity index (χ0n) is 26.5. The molecule has 0 saturated carbocycles. The molecule has 0 aliphatic carbocycles. The fourth-order valence-electron chi connectivity index (χ4n) is 7.74. The van der Waals surface area contributed by atoms with Crippen molar-refractivity contribution in [2.75, 3.05) is 56.2 Å². The number of hydrogen-bond acceptors (Lipinski definition) is 6. The van der Waals surface area contributed by atoms with Gasteiger partial charge in [0.05, 0.1) is 17.4 Å². The van der Waals surface area contributed by atoms with E-state index >= 15 is 0 Å². The number of nitrogens with zero attached hydrogens (tertiary/aromatic N) is 4. The summed E-state index contributed by atoms with van der Waals surface area (Å²) in [5.74, 6) is -1.93. The highest BCUT2D eigenvalue weighted by Gasteiger charge is 2.78. The maximum absolute atomic E-state index is 14.8. The highest BCUT2D eigenvalue weighted by atomic mass is 16.5. The minimum Gasteiger partial charge on any atom is -0.396 e. The van der Waals surface area contributed by atoms with Crippen LogP contribution in [0.3, 0.4) is 0 Å². The van der Waals surface area contributed by atoms with Gasteiger partial charge in [-0.25, -0.2) is 0 Å². The molecule has 43 heavy (non-hydrogen) atoms. The van der Waals surface area contributed by atoms with Crippen molar-refractivity contribution in [1.29, 1.82) is 0 Å². The van der Waals surface area contributed by atoms with Crippen LogP contribution >= 0.6 is 0 Å². The summed E-state index contributed by atoms with van der Waals surface area (Å²) in [5, 5.41) is 9.33. The molecule has 236 valence electrons. The summed E-state index contributed by atoms with van der Waals surface area (Å²) >= 11 is 0. The molecule has 3 amide bonds. The number of anilines is 2. The molecule has 0 radical (unpaired) electrons. The molecule has 3 heterocycles. The van der Waals surface area contributed by atoms with Crippen molar-refractivity contribution in [3.05, 3.63) is 49.6 Å². The van der Waals surface area contributed by atoms with E-state index in [2.05, 4.69) is 31.9 Å². The first kappa shape index (κ1) is 32.7. The second-order valence-corrected chi connectivity index (χ2v) is 12.1. The van der Waals surface area contributed by atoms with Gasteiger partial charge in [-0.15, -0.1) is 13.2 Å². The Hall–Kier alpha value is -3.17. The van der Waals surface area contributed by atoms with Gasteiger partial charge in [0, 0.05) is 57.8 Å². The van der Waals surface area contributed by atoms with E-state index in [1.807, 2.05) is 31.2 Å². The fraction of sp³-hybridized carbons (Fsp3) is 0.618. The third kappa shape index (κ3) is 5.62. The summed E-state index contributed by atoms with van der Waals surface area (Å²) < 4.78 is 6.93. The monoisotopic (exact) mass is 594 g/mol. The highest BCUT2D eigenvalue weighted by Crippen LogP contribution is 2.64. The van der Waals surface area contributed by atoms with E-state index in [-0.39, 0.29) is 30.9 Å². The van der Waals surface area contributed by atoms with Gasteiger partial charge in [-0.1, -0.05) is 19.1 Å². The average molecular weight is 595 g/mol. The Kier molecular flexibility index (Phi) is 10.4. The van der Waals surface area contributed by atoms with Crippen LogP contribution in [0, 0.1) is 11.8 Å². The van der Waals surface area contributed by atoms with Gasteiger partial charge in [-0.2, -0.15) is 0 Å². The molecule has 3 aliphatic heterocycles. The zero-order valence-corrected chi connectivity index (χ0v) is 26.5. The van der Waals surface area contributed by atoms with Crippen molar-refractivity contribution < 1.29 is 24.2 Å². The number of hydrogen-bond donors (Lipinski definition) is 1. The van der Waals surface area contributed by atoms with Gasteiger partial charge in [0.2, 0.25) is 11.8 Å². The quantitative estimate of drug-likeness (QED) is 0.230. The number of amides is 3. The van der Waals surface area contributed by atoms with Crippen LogP contribution in [0.4, 0.5) is 11.4 Å². The molecule has 1 aromatic carbocycles. The normalized spacial score (nSPS) is 27.2. The minimum atomic E-state index is -1.09. The number of rotatable bonds is 16. The largest absolute Gasteiger partial charge is 0.396 e. The van der Waals surface area contributed by atoms with Gasteiger partial charge in [-0.3, -0.25) is 14.4 Å². The Morgan fingerprint density at radius 2 is 1.65 bits per heavy atom. The van der Waals surface area contributed by atoms with Gasteiger partial charge < -0.3 is 29.4 Å². The lowest BCUT2D eigenvalue weighted by Gasteiger charge is -2.37. The summed E-state index contributed by atoms with van der Waals surface area (Å²) in [6.07, 6.45) is 7.11. The first-order chi connectivity index (χ1) is 20.7. The SMILES string of the molecule is C=CCN(C)C(=O)[C@@H]1[C@H]2C(=O)N(CCCCCO)C(C(=O)N(CC=C)c3ccc(N(CC)CC)cc3)C23CC[C@@]1(CC)O3. The average Bonchev–Trinajstić information content (AvgIpc) is 3.62. The highest BCUT2D eigenvalue weighted by molar-refractivity contribution is 6.05. The molecule has 0 aromatic heterocycles. The molecule has 1 spiro atoms. The van der Waals surface area contributed by atoms with Crippen LogP contribution in [0.5, 0.6) is 0 Å². The predicted octanol–water partition coefficient (Wildman–Crippen LogP) is 4.01. The van der Waals surface area contributed by atoms with Gasteiger partial charge >= 0.3 is 0 Å². The lowest BCUT2D eigenvalue weighted by Crippen LogP contribution is -2.56. The smallest absolute Gasteiger partial charge is 0.253 e. The molecule has 3 fully saturated rings. The van der Waals surface area contributed by atoms with Gasteiger partial charge in [0.25, 0.3) is 5.91 Å². The molecule has 9 heteroatoms. The molecule has 5 atom stereocenters. The number of unbranched alkanes of at least 4 members (excludes halogenated alkanes) is 2. The van der Waals surface area contributed by atoms with Crippen LogP contribution < -0.4 is 9.80 Å². The van der Waals surface area contributed by atoms with Crippen LogP contribution in [0.25, 0.3) is 0 Å². The summed E-state index contributed by atoms with van der Waals surface area (Å²) in [6, 6.07) is 7.07. The molecule has 2 bridgehead atoms. The number of aliphatic hydroxyl groups is 1. The first-order valence-corrected chi connectivity index (χ1v) is 15.9. The van der Waals surface area contributed by atoms with E-state index < -0.39 is 29.1 Å². The van der Waals surface area contributed by atoms with Crippen LogP contribution in [0.1, 0.15) is 59.3 Å². The number of carbonyl (C=O) groups excluding carboxylic acids is 3. The molecule has 3 saturated heterocycles. The maximum Gasteiger partial charge on any atom is 0.253 e. The Balaban J connectivity index is 1.77. The molecule has 2 unspecified atom stereocenters. The number of likely N-dealkylation sites (N-methyl/N-ethyl adjacent to an activating group) is 1. The zero-order chi connectivity index (χ0) is 31.4. The minimum absolute atomic E-state index is 0.0772. The number of benzene rings is 1. The van der Waals surface area contributed by atoms with E-state index in [4.69, 9.17) is 4.74 Å². The second kappa shape index (κ2) is 13.6. The Morgan fingerprint density at radius 3 is 2.23 bits per heavy atom. The standard InChI is InChI=1S/C34H50N4O5/c1-7-21-35(6)30(40)27-28-31(41)38(23-13-12-14-24-39)29(34(28)20-19-33(27,9-3)43-34)32(42)37(22-8-2)26-17-15-25(16-18-26)36(10-4)11-5/h7-8,15-18,27-29,39H,1-2,9-14,19-24H2,3-6H3/t27-,28-,29?,33+,34?/m0/s1. The van der Waals surface area contributed by atoms with Crippen LogP contribution in [0.2, 0.25) is 0 Å². The van der Waals surface area contributed by atoms with Crippen molar-refractivity contribution >= 4 is 29.1 Å². The fourth-order valence-corrected chi connectivity index (χ4v) is 7.74. The van der Waals surface area contributed by atoms with Crippen LogP contribution in [-0.2, 0) is 19.1 Å². The van der Waals surface area contributed by atoms with E-state index in [1.54, 1.807) is 33.9 Å². The van der Waals surface area contributed by atoms with E-state index in [0.717, 1.165) is 30.9 Å². The molecule has 9 nitrogen and oxygen atoms in total. The van der Waals surface area contributed by atoms with Crippen molar-refractivity contribution in [1.82, 2.24) is 9.80 Å². The Bertz CT molecular complexity index is 1180. The third-order valence-electron chi connectivity index (χ3n) is 9.88. The molecular formula is C34H50N4O5. The Labute approximate surface area is 257 Å². The summed E-state index contributed by atoms with van der Waals surface area (Å²) in [4.78, 5) is 50.4. The molecular weight excluding hydrogens is 544 g/mol. The topological polar surface area (TPSA) is 93.6 Å². The number of fused-ring (bicyclic) bond motifs is 1. The number of aliphatic hydroxyl groups excluding tert-OH is 1. The lowest BCUT2D eigenvalue weighted by atomic mass is 9.64. The van der Waals surface area contributed by atoms with Crippen molar-refractivity contribution in [2.45, 2.75) is 76.5 Å². The molecule has 4 rings (SSSR count). The summed E-state index contributed by atoms with van der Waals surface area (Å²) in [7, 11) is 1.73. The number of likely N-dealkylation sites (tertiary alicyclic amines) is 1. The number of ether oxygens (including phenoxy) is 1. The van der Waals surface area contributed by atoms with Gasteiger partial charge in [-0.05, 0) is 76.6 Å². The van der Waals surface area contributed by atoms with Crippen LogP contribution in [-0.4, -0.2) is 96.3 Å². The van der Waals surface area contributed by atoms with Gasteiger partial charge in [0.1, 0.15) is 11.6 Å². The number of carbonyl (C=O) groups is 3. The molecule has 1 aromatic rings. The van der Waals surface area contributed by atoms with Gasteiger partial charge in [0.15, 0.2) is 0 Å². The van der Waals surface area contributed by atoms with E-state index in [0.29, 0.717) is 45.2 Å². The van der Waals surface area contributed by atoms with Crippen molar-refractivity contribution in [3.63, 3.8) is 0 Å². The Morgan fingerprint density at radius 1 is 1.00 bits per heavy atom. The molecule has 3 aliphatic rings. The molecule has 1 N–H and O–H groups in total. The van der Waals surface area contributed by atoms with Crippen LogP contribution in [0.15, 0.2) is 49.6 Å². The van der Waals surface area contributed by atoms with E-state index in [9.17, 15) is 19.5 Å². The van der Waals surface area contributed by atoms with Crippen molar-refractivity contribution in [2.24, 2.45) is 11.8 Å². The van der Waals surface area contributed by atoms with E-state index in [1.165, 1.54) is 0 Å². The first-order valence-electron chi connectivity index (χ1n) is 15.9. The summed E-state index contributed by atoms with van der Waals surface area (Å²) in [5.41, 5.74) is -0.0721. The second-order valence-electron chi connectivity index (χ2n) is 12.1. The lowest BCUT2D eigenvalue weighted by molar-refractivity contribution is -0.150. The van der Waals surface area contributed by atoms with Crippen molar-refractivity contribution in [3.8, 4) is 0 Å². The summed E-state index contributed by atoms with van der Waals surface area (Å²) in [6.45, 7) is 16.8. The third-order valence-corrected chi connectivity index (χ3v) is 9.88. The predicted molar refractivity (Wildman–Crippen MR) is 170 cm³/mol. The maximum atomic E-state index is 14.8.